The third-order valence-corrected chi connectivity index (χ3v) is 3.75. The molecule has 1 N–H and O–H groups in total. The van der Waals surface area contributed by atoms with E-state index >= 15 is 0 Å². The molecule has 0 amide bonds. The Balaban J connectivity index is 1.71. The Morgan fingerprint density at radius 3 is 2.81 bits per heavy atom. The van der Waals surface area contributed by atoms with Gasteiger partial charge in [-0.1, -0.05) is 18.2 Å². The van der Waals surface area contributed by atoms with Gasteiger partial charge in [-0.05, 0) is 29.6 Å². The second-order valence-electron chi connectivity index (χ2n) is 4.29. The lowest BCUT2D eigenvalue weighted by Gasteiger charge is -2.03. The number of carboxylic acid groups (broad SMARTS) is 1. The molecule has 0 saturated heterocycles. The van der Waals surface area contributed by atoms with Crippen LogP contribution >= 0.6 is 11.3 Å². The first-order valence-corrected chi connectivity index (χ1v) is 7.15. The molecule has 21 heavy (non-hydrogen) atoms. The van der Waals surface area contributed by atoms with Crippen molar-refractivity contribution < 1.29 is 14.6 Å². The number of nitrogens with zero attached hydrogens (tertiary/aromatic N) is 2. The molecule has 0 bridgehead atoms. The molecule has 2 heterocycles. The molecule has 2 aromatic heterocycles. The summed E-state index contributed by atoms with van der Waals surface area (Å²) in [5.41, 5.74) is 1.70. The lowest BCUT2D eigenvalue weighted by Crippen LogP contribution is -2.02. The molecule has 1 aromatic carbocycles. The number of carbonyl (C=O) groups is 1. The van der Waals surface area contributed by atoms with Gasteiger partial charge in [-0.2, -0.15) is 5.10 Å². The van der Waals surface area contributed by atoms with E-state index in [1.807, 2.05) is 42.6 Å². The van der Waals surface area contributed by atoms with Gasteiger partial charge in [0.1, 0.15) is 18.1 Å². The van der Waals surface area contributed by atoms with Crippen molar-refractivity contribution >= 4 is 17.3 Å². The monoisotopic (exact) mass is 300 g/mol. The third-order valence-electron chi connectivity index (χ3n) is 2.86. The van der Waals surface area contributed by atoms with E-state index < -0.39 is 5.97 Å². The van der Waals surface area contributed by atoms with Crippen LogP contribution in [0, 0.1) is 0 Å². The van der Waals surface area contributed by atoms with Crippen LogP contribution in [-0.4, -0.2) is 20.9 Å². The Hall–Kier alpha value is -2.60. The lowest BCUT2D eigenvalue weighted by atomic mass is 10.3. The van der Waals surface area contributed by atoms with E-state index in [0.29, 0.717) is 5.75 Å². The van der Waals surface area contributed by atoms with Gasteiger partial charge in [-0.25, -0.2) is 9.48 Å². The van der Waals surface area contributed by atoms with Crippen molar-refractivity contribution in [2.75, 3.05) is 0 Å². The number of aromatic nitrogens is 2. The quantitative estimate of drug-likeness (QED) is 0.786. The maximum Gasteiger partial charge on any atom is 0.349 e. The number of hydrogen-bond donors (Lipinski definition) is 1. The Labute approximate surface area is 125 Å². The number of hydrogen-bond acceptors (Lipinski definition) is 4. The predicted molar refractivity (Wildman–Crippen MR) is 79.2 cm³/mol. The number of carboxylic acids is 1. The van der Waals surface area contributed by atoms with Crippen LogP contribution in [0.3, 0.4) is 0 Å². The Morgan fingerprint density at radius 1 is 1.24 bits per heavy atom. The summed E-state index contributed by atoms with van der Waals surface area (Å²) >= 11 is 1.14. The molecule has 0 atom stereocenters. The number of thiophene rings is 1. The second-order valence-corrected chi connectivity index (χ2v) is 5.21. The summed E-state index contributed by atoms with van der Waals surface area (Å²) in [4.78, 5) is 11.2. The SMILES string of the molecule is O=C(O)c1sccc1OCc1ccn(-c2ccccc2)n1. The van der Waals surface area contributed by atoms with E-state index in [4.69, 9.17) is 9.84 Å². The van der Waals surface area contributed by atoms with Gasteiger partial charge in [0.2, 0.25) is 0 Å². The van der Waals surface area contributed by atoms with Crippen molar-refractivity contribution in [3.63, 3.8) is 0 Å². The number of ether oxygens (including phenoxy) is 1. The van der Waals surface area contributed by atoms with E-state index in [-0.39, 0.29) is 11.5 Å². The van der Waals surface area contributed by atoms with E-state index in [1.165, 1.54) is 0 Å². The van der Waals surface area contributed by atoms with Gasteiger partial charge in [-0.3, -0.25) is 0 Å². The highest BCUT2D eigenvalue weighted by Crippen LogP contribution is 2.25. The zero-order valence-electron chi connectivity index (χ0n) is 11.0. The van der Waals surface area contributed by atoms with Gasteiger partial charge >= 0.3 is 5.97 Å². The van der Waals surface area contributed by atoms with Crippen molar-refractivity contribution in [3.05, 3.63) is 64.6 Å². The molecule has 3 rings (SSSR count). The number of benzene rings is 1. The fraction of sp³-hybridized carbons (Fsp3) is 0.0667. The Morgan fingerprint density at radius 2 is 2.05 bits per heavy atom. The van der Waals surface area contributed by atoms with Crippen LogP contribution in [0.4, 0.5) is 0 Å². The topological polar surface area (TPSA) is 64.3 Å². The predicted octanol–water partition coefficient (Wildman–Crippen LogP) is 3.21. The van der Waals surface area contributed by atoms with Crippen LogP contribution in [0.25, 0.3) is 5.69 Å². The highest BCUT2D eigenvalue weighted by molar-refractivity contribution is 7.12. The maximum atomic E-state index is 11.0. The van der Waals surface area contributed by atoms with E-state index in [1.54, 1.807) is 16.1 Å². The fourth-order valence-corrected chi connectivity index (χ4v) is 2.55. The molecular formula is C15H12N2O3S. The average molecular weight is 300 g/mol. The summed E-state index contributed by atoms with van der Waals surface area (Å²) in [5.74, 6) is -0.600. The van der Waals surface area contributed by atoms with Crippen molar-refractivity contribution in [1.29, 1.82) is 0 Å². The number of para-hydroxylation sites is 1. The van der Waals surface area contributed by atoms with Crippen LogP contribution < -0.4 is 4.74 Å². The summed E-state index contributed by atoms with van der Waals surface area (Å²) < 4.78 is 7.28. The summed E-state index contributed by atoms with van der Waals surface area (Å²) in [6.07, 6.45) is 1.85. The molecule has 0 aliphatic carbocycles. The minimum Gasteiger partial charge on any atom is -0.485 e. The third kappa shape index (κ3) is 2.95. The van der Waals surface area contributed by atoms with Crippen LogP contribution in [0.1, 0.15) is 15.4 Å². The minimum absolute atomic E-state index is 0.206. The van der Waals surface area contributed by atoms with Gasteiger partial charge in [0, 0.05) is 6.20 Å². The number of rotatable bonds is 5. The van der Waals surface area contributed by atoms with E-state index in [0.717, 1.165) is 22.7 Å². The van der Waals surface area contributed by atoms with Crippen molar-refractivity contribution in [1.82, 2.24) is 9.78 Å². The van der Waals surface area contributed by atoms with Crippen molar-refractivity contribution in [2.24, 2.45) is 0 Å². The first-order chi connectivity index (χ1) is 10.2. The first kappa shape index (κ1) is 13.4. The van der Waals surface area contributed by atoms with Gasteiger partial charge < -0.3 is 9.84 Å². The molecule has 0 aliphatic rings. The number of aromatic carboxylic acids is 1. The summed E-state index contributed by atoms with van der Waals surface area (Å²) in [6, 6.07) is 13.2. The fourth-order valence-electron chi connectivity index (χ4n) is 1.88. The molecule has 0 fully saturated rings. The Kier molecular flexibility index (Phi) is 3.70. The van der Waals surface area contributed by atoms with Crippen LogP contribution in [0.2, 0.25) is 0 Å². The van der Waals surface area contributed by atoms with Gasteiger partial charge in [0.25, 0.3) is 0 Å². The molecule has 106 valence electrons. The normalized spacial score (nSPS) is 10.5. The molecule has 5 nitrogen and oxygen atoms in total. The molecule has 3 aromatic rings. The molecule has 6 heteroatoms. The van der Waals surface area contributed by atoms with Gasteiger partial charge in [-0.15, -0.1) is 11.3 Å². The first-order valence-electron chi connectivity index (χ1n) is 6.27. The highest BCUT2D eigenvalue weighted by atomic mass is 32.1. The smallest absolute Gasteiger partial charge is 0.349 e. The zero-order chi connectivity index (χ0) is 14.7. The van der Waals surface area contributed by atoms with E-state index in [2.05, 4.69) is 5.10 Å². The summed E-state index contributed by atoms with van der Waals surface area (Å²) in [7, 11) is 0. The molecule has 0 saturated carbocycles. The minimum atomic E-state index is -0.977. The average Bonchev–Trinajstić information content (AvgIpc) is 3.15. The molecule has 0 aliphatic heterocycles. The van der Waals surface area contributed by atoms with Crippen molar-refractivity contribution in [3.8, 4) is 11.4 Å². The molecule has 0 radical (unpaired) electrons. The van der Waals surface area contributed by atoms with Gasteiger partial charge in [0.05, 0.1) is 5.69 Å². The van der Waals surface area contributed by atoms with Gasteiger partial charge in [0.15, 0.2) is 4.88 Å². The van der Waals surface area contributed by atoms with Crippen LogP contribution in [-0.2, 0) is 6.61 Å². The van der Waals surface area contributed by atoms with Crippen LogP contribution in [0.5, 0.6) is 5.75 Å². The van der Waals surface area contributed by atoms with Crippen molar-refractivity contribution in [2.45, 2.75) is 6.61 Å². The van der Waals surface area contributed by atoms with Crippen LogP contribution in [0.15, 0.2) is 54.0 Å². The standard InChI is InChI=1S/C15H12N2O3S/c18-15(19)14-13(7-9-21-14)20-10-11-6-8-17(16-11)12-4-2-1-3-5-12/h1-9H,10H2,(H,18,19). The zero-order valence-corrected chi connectivity index (χ0v) is 11.8. The lowest BCUT2D eigenvalue weighted by molar-refractivity contribution is 0.0697. The Bertz CT molecular complexity index is 749. The molecule has 0 unspecified atom stereocenters. The highest BCUT2D eigenvalue weighted by Gasteiger charge is 2.13. The molecular weight excluding hydrogens is 288 g/mol. The second kappa shape index (κ2) is 5.80. The maximum absolute atomic E-state index is 11.0. The largest absolute Gasteiger partial charge is 0.485 e. The van der Waals surface area contributed by atoms with E-state index in [9.17, 15) is 4.79 Å². The summed E-state index contributed by atoms with van der Waals surface area (Å²) in [6.45, 7) is 0.233. The summed E-state index contributed by atoms with van der Waals surface area (Å²) in [5, 5.41) is 15.1. The molecule has 0 spiro atoms.